The lowest BCUT2D eigenvalue weighted by Crippen LogP contribution is -2.51. The van der Waals surface area contributed by atoms with Gasteiger partial charge in [-0.25, -0.2) is 9.97 Å². The summed E-state index contributed by atoms with van der Waals surface area (Å²) in [4.78, 5) is 34.5. The molecule has 1 saturated carbocycles. The van der Waals surface area contributed by atoms with Gasteiger partial charge in [0, 0.05) is 25.6 Å². The van der Waals surface area contributed by atoms with Crippen LogP contribution < -0.4 is 21.9 Å². The molecule has 0 radical (unpaired) electrons. The molecule has 1 fully saturated rings. The predicted molar refractivity (Wildman–Crippen MR) is 122 cm³/mol. The second-order valence-electron chi connectivity index (χ2n) is 7.70. The number of pyridine rings is 2. The zero-order valence-electron chi connectivity index (χ0n) is 17.8. The number of anilines is 3. The van der Waals surface area contributed by atoms with Gasteiger partial charge < -0.3 is 21.1 Å². The van der Waals surface area contributed by atoms with Crippen LogP contribution in [0.4, 0.5) is 17.3 Å². The van der Waals surface area contributed by atoms with Crippen LogP contribution in [0.5, 0.6) is 0 Å². The maximum absolute atomic E-state index is 13.0. The van der Waals surface area contributed by atoms with Crippen molar-refractivity contribution in [3.05, 3.63) is 70.9 Å². The van der Waals surface area contributed by atoms with Crippen molar-refractivity contribution in [2.24, 2.45) is 0 Å². The molecule has 0 aromatic carbocycles. The van der Waals surface area contributed by atoms with Crippen molar-refractivity contribution in [2.45, 2.75) is 25.0 Å². The smallest absolute Gasteiger partial charge is 0.279 e. The number of nitrogens with two attached hydrogens (primary N) is 1. The molecular weight excluding hydrogens is 424 g/mol. The Labute approximate surface area is 188 Å². The molecule has 0 aliphatic heterocycles. The first-order valence-corrected chi connectivity index (χ1v) is 10.4. The van der Waals surface area contributed by atoms with E-state index in [1.807, 2.05) is 0 Å². The van der Waals surface area contributed by atoms with Crippen molar-refractivity contribution in [1.29, 1.82) is 0 Å². The van der Waals surface area contributed by atoms with Crippen LogP contribution in [-0.2, 0) is 4.74 Å². The van der Waals surface area contributed by atoms with E-state index in [0.29, 0.717) is 11.6 Å². The van der Waals surface area contributed by atoms with Gasteiger partial charge in [-0.05, 0) is 37.1 Å². The molecular formula is C22H22N8O3. The molecule has 11 heteroatoms. The summed E-state index contributed by atoms with van der Waals surface area (Å²) < 4.78 is 8.15. The van der Waals surface area contributed by atoms with E-state index in [2.05, 4.69) is 25.7 Å². The van der Waals surface area contributed by atoms with Crippen molar-refractivity contribution < 1.29 is 9.53 Å². The summed E-state index contributed by atoms with van der Waals surface area (Å²) in [6, 6.07) is 10.2. The number of amides is 1. The summed E-state index contributed by atoms with van der Waals surface area (Å²) in [7, 11) is 1.63. The van der Waals surface area contributed by atoms with Crippen LogP contribution in [0.15, 0.2) is 59.8 Å². The van der Waals surface area contributed by atoms with E-state index in [9.17, 15) is 9.59 Å². The molecule has 1 aliphatic rings. The fraction of sp³-hybridized carbons (Fsp3) is 0.227. The van der Waals surface area contributed by atoms with Crippen LogP contribution >= 0.6 is 0 Å². The van der Waals surface area contributed by atoms with Gasteiger partial charge in [0.15, 0.2) is 5.65 Å². The second kappa shape index (κ2) is 8.36. The highest BCUT2D eigenvalue weighted by molar-refractivity contribution is 6.00. The molecule has 11 nitrogen and oxygen atoms in total. The third-order valence-electron chi connectivity index (χ3n) is 5.68. The molecule has 1 aliphatic carbocycles. The fourth-order valence-corrected chi connectivity index (χ4v) is 3.78. The Bertz CT molecular complexity index is 1380. The van der Waals surface area contributed by atoms with Crippen LogP contribution in [0.3, 0.4) is 0 Å². The van der Waals surface area contributed by atoms with Crippen molar-refractivity contribution in [3.8, 4) is 5.82 Å². The lowest BCUT2D eigenvalue weighted by molar-refractivity contribution is 0.00732. The van der Waals surface area contributed by atoms with Crippen LogP contribution in [0.25, 0.3) is 11.5 Å². The summed E-state index contributed by atoms with van der Waals surface area (Å²) >= 11 is 0. The predicted octanol–water partition coefficient (Wildman–Crippen LogP) is 1.51. The van der Waals surface area contributed by atoms with E-state index in [4.69, 9.17) is 10.5 Å². The molecule has 168 valence electrons. The van der Waals surface area contributed by atoms with Gasteiger partial charge in [-0.1, -0.05) is 6.07 Å². The van der Waals surface area contributed by atoms with Gasteiger partial charge in [-0.3, -0.25) is 14.2 Å². The topological polar surface area (TPSA) is 141 Å². The maximum atomic E-state index is 13.0. The monoisotopic (exact) mass is 446 g/mol. The van der Waals surface area contributed by atoms with Crippen molar-refractivity contribution in [1.82, 2.24) is 29.5 Å². The molecule has 4 aromatic heterocycles. The third kappa shape index (κ3) is 3.78. The molecule has 4 aromatic rings. The molecule has 5 rings (SSSR count). The third-order valence-corrected chi connectivity index (χ3v) is 5.68. The van der Waals surface area contributed by atoms with Gasteiger partial charge in [0.2, 0.25) is 0 Å². The van der Waals surface area contributed by atoms with E-state index >= 15 is 0 Å². The van der Waals surface area contributed by atoms with E-state index in [-0.39, 0.29) is 46.3 Å². The maximum Gasteiger partial charge on any atom is 0.279 e. The lowest BCUT2D eigenvalue weighted by Gasteiger charge is -2.35. The number of hydrogen-bond acceptors (Lipinski definition) is 8. The molecule has 4 N–H and O–H groups in total. The minimum absolute atomic E-state index is 0.00500. The largest absolute Gasteiger partial charge is 0.383 e. The Morgan fingerprint density at radius 2 is 2.12 bits per heavy atom. The summed E-state index contributed by atoms with van der Waals surface area (Å²) in [6.07, 6.45) is 6.43. The number of nitrogen functional groups attached to an aromatic ring is 1. The number of methoxy groups -OCH3 is 1. The highest BCUT2D eigenvalue weighted by atomic mass is 16.5. The molecule has 0 saturated heterocycles. The van der Waals surface area contributed by atoms with Crippen LogP contribution in [-0.4, -0.2) is 49.3 Å². The Kier molecular flexibility index (Phi) is 5.23. The van der Waals surface area contributed by atoms with E-state index in [0.717, 1.165) is 12.8 Å². The molecule has 1 amide bonds. The van der Waals surface area contributed by atoms with Gasteiger partial charge in [-0.2, -0.15) is 9.61 Å². The molecule has 2 atom stereocenters. The van der Waals surface area contributed by atoms with Gasteiger partial charge in [0.25, 0.3) is 11.5 Å². The molecule has 0 spiro atoms. The van der Waals surface area contributed by atoms with Crippen molar-refractivity contribution in [2.75, 3.05) is 18.2 Å². The first-order chi connectivity index (χ1) is 16.0. The van der Waals surface area contributed by atoms with E-state index < -0.39 is 0 Å². The number of rotatable bonds is 6. The van der Waals surface area contributed by atoms with Crippen molar-refractivity contribution >= 4 is 28.9 Å². The van der Waals surface area contributed by atoms with E-state index in [1.165, 1.54) is 15.3 Å². The Balaban J connectivity index is 1.46. The van der Waals surface area contributed by atoms with Crippen LogP contribution in [0.2, 0.25) is 0 Å². The first kappa shape index (κ1) is 20.6. The quantitative estimate of drug-likeness (QED) is 0.405. The molecule has 0 bridgehead atoms. The second-order valence-corrected chi connectivity index (χ2v) is 7.70. The normalized spacial score (nSPS) is 17.5. The zero-order chi connectivity index (χ0) is 22.9. The van der Waals surface area contributed by atoms with Crippen molar-refractivity contribution in [3.63, 3.8) is 0 Å². The number of fused-ring (bicyclic) bond motifs is 1. The summed E-state index contributed by atoms with van der Waals surface area (Å²) in [5, 5.41) is 10.1. The zero-order valence-corrected chi connectivity index (χ0v) is 17.8. The summed E-state index contributed by atoms with van der Waals surface area (Å²) in [5.74, 6) is 0.761. The summed E-state index contributed by atoms with van der Waals surface area (Å²) in [6.45, 7) is 0. The number of aromatic nitrogens is 5. The van der Waals surface area contributed by atoms with Gasteiger partial charge in [0.05, 0.1) is 18.3 Å². The number of carbonyl (C=O) groups is 1. The average molecular weight is 446 g/mol. The van der Waals surface area contributed by atoms with Gasteiger partial charge in [-0.15, -0.1) is 0 Å². The lowest BCUT2D eigenvalue weighted by atomic mass is 9.89. The van der Waals surface area contributed by atoms with E-state index in [1.54, 1.807) is 55.9 Å². The number of hydrogen-bond donors (Lipinski definition) is 3. The minimum atomic E-state index is -0.307. The Hall–Kier alpha value is -4.25. The highest BCUT2D eigenvalue weighted by Crippen LogP contribution is 2.24. The number of carbonyl (C=O) groups excluding carboxylic acids is 1. The molecule has 0 unspecified atom stereocenters. The standard InChI is InChI=1S/C22H22N8O3/c1-33-16-8-7-14(16)27-21(31)13-12-25-30-17(23)11-18(28-20(13)30)26-15-5-4-10-29(22(15)32)19-6-2-3-9-24-19/h2-6,9-12,14,16H,7-8,23H2,1H3,(H,26,28)(H,27,31)/t14-,16-/m1/s1. The number of nitrogens with one attached hydrogen (secondary N) is 2. The SMILES string of the molecule is CO[C@@H]1CC[C@H]1NC(=O)c1cnn2c(N)cc(Nc3cccn(-c4ccccn4)c3=O)nc12. The number of ether oxygens (including phenoxy) is 1. The van der Waals surface area contributed by atoms with Gasteiger partial charge in [0.1, 0.15) is 28.7 Å². The minimum Gasteiger partial charge on any atom is -0.383 e. The fourth-order valence-electron chi connectivity index (χ4n) is 3.78. The first-order valence-electron chi connectivity index (χ1n) is 10.4. The Morgan fingerprint density at radius 3 is 2.85 bits per heavy atom. The highest BCUT2D eigenvalue weighted by Gasteiger charge is 2.33. The van der Waals surface area contributed by atoms with Gasteiger partial charge >= 0.3 is 0 Å². The average Bonchev–Trinajstić information content (AvgIpc) is 3.24. The number of nitrogens with zero attached hydrogens (tertiary/aromatic N) is 5. The van der Waals surface area contributed by atoms with Crippen LogP contribution in [0.1, 0.15) is 23.2 Å². The molecule has 33 heavy (non-hydrogen) atoms. The summed E-state index contributed by atoms with van der Waals surface area (Å²) in [5.41, 5.74) is 6.68. The molecule has 4 heterocycles. The Morgan fingerprint density at radius 1 is 1.24 bits per heavy atom. The van der Waals surface area contributed by atoms with Crippen LogP contribution in [0, 0.1) is 0 Å².